The van der Waals surface area contributed by atoms with Gasteiger partial charge in [0.25, 0.3) is 5.56 Å². The Morgan fingerprint density at radius 2 is 2.03 bits per heavy atom. The monoisotopic (exact) mass is 390 g/mol. The SMILES string of the molecule is CC1CCCN1CCCOc1ccc(-c2cc(-c3ccccn3)c(=O)[nH]n2)cc1. The van der Waals surface area contributed by atoms with Gasteiger partial charge in [0, 0.05) is 24.3 Å². The summed E-state index contributed by atoms with van der Waals surface area (Å²) < 4.78 is 5.89. The summed E-state index contributed by atoms with van der Waals surface area (Å²) in [5.41, 5.74) is 2.49. The second-order valence-corrected chi connectivity index (χ2v) is 7.46. The molecule has 0 radical (unpaired) electrons. The van der Waals surface area contributed by atoms with Crippen LogP contribution in [0.5, 0.6) is 5.75 Å². The largest absolute Gasteiger partial charge is 0.494 e. The van der Waals surface area contributed by atoms with Crippen LogP contribution in [0.3, 0.4) is 0 Å². The maximum Gasteiger partial charge on any atom is 0.273 e. The fourth-order valence-corrected chi connectivity index (χ4v) is 3.77. The summed E-state index contributed by atoms with van der Waals surface area (Å²) in [6.45, 7) is 5.32. The van der Waals surface area contributed by atoms with E-state index in [0.717, 1.165) is 24.3 Å². The molecule has 3 heterocycles. The smallest absolute Gasteiger partial charge is 0.273 e. The molecule has 3 aromatic rings. The lowest BCUT2D eigenvalue weighted by molar-refractivity contribution is 0.230. The zero-order valence-corrected chi connectivity index (χ0v) is 16.7. The molecular formula is C23H26N4O2. The molecule has 0 bridgehead atoms. The summed E-state index contributed by atoms with van der Waals surface area (Å²) >= 11 is 0. The summed E-state index contributed by atoms with van der Waals surface area (Å²) in [5, 5.41) is 6.75. The van der Waals surface area contributed by atoms with Gasteiger partial charge in [0.1, 0.15) is 5.75 Å². The molecule has 6 nitrogen and oxygen atoms in total. The van der Waals surface area contributed by atoms with Gasteiger partial charge < -0.3 is 9.64 Å². The standard InChI is InChI=1S/C23H26N4O2/c1-17-6-4-13-27(17)14-5-15-29-19-10-8-18(9-11-19)22-16-20(23(28)26-25-22)21-7-2-3-12-24-21/h2-3,7-12,16-17H,4-6,13-15H2,1H3,(H,26,28). The molecule has 1 saturated heterocycles. The van der Waals surface area contributed by atoms with E-state index in [2.05, 4.69) is 27.0 Å². The summed E-state index contributed by atoms with van der Waals surface area (Å²) in [6.07, 6.45) is 5.32. The lowest BCUT2D eigenvalue weighted by Gasteiger charge is -2.20. The first-order valence-electron chi connectivity index (χ1n) is 10.2. The highest BCUT2D eigenvalue weighted by atomic mass is 16.5. The van der Waals surface area contributed by atoms with Gasteiger partial charge in [-0.25, -0.2) is 5.10 Å². The van der Waals surface area contributed by atoms with Gasteiger partial charge in [-0.1, -0.05) is 6.07 Å². The Balaban J connectivity index is 1.38. The Kier molecular flexibility index (Phi) is 6.00. The second kappa shape index (κ2) is 9.01. The average Bonchev–Trinajstić information content (AvgIpc) is 3.17. The molecule has 1 aliphatic heterocycles. The highest BCUT2D eigenvalue weighted by molar-refractivity contribution is 5.67. The number of nitrogens with one attached hydrogen (secondary N) is 1. The average molecular weight is 390 g/mol. The molecule has 6 heteroatoms. The van der Waals surface area contributed by atoms with Crippen LogP contribution in [0, 0.1) is 0 Å². The molecule has 1 atom stereocenters. The minimum Gasteiger partial charge on any atom is -0.494 e. The van der Waals surface area contributed by atoms with Gasteiger partial charge in [-0.2, -0.15) is 5.10 Å². The first-order chi connectivity index (χ1) is 14.2. The van der Waals surface area contributed by atoms with Crippen LogP contribution < -0.4 is 10.3 Å². The van der Waals surface area contributed by atoms with Crippen molar-refractivity contribution in [3.63, 3.8) is 0 Å². The Hall–Kier alpha value is -2.99. The van der Waals surface area contributed by atoms with Gasteiger partial charge in [0.2, 0.25) is 0 Å². The number of aromatic amines is 1. The summed E-state index contributed by atoms with van der Waals surface area (Å²) in [6, 6.07) is 15.8. The number of hydrogen-bond acceptors (Lipinski definition) is 5. The number of ether oxygens (including phenoxy) is 1. The van der Waals surface area contributed by atoms with Crippen LogP contribution in [0.15, 0.2) is 59.5 Å². The van der Waals surface area contributed by atoms with Gasteiger partial charge in [-0.05, 0) is 75.2 Å². The van der Waals surface area contributed by atoms with Crippen molar-refractivity contribution in [2.75, 3.05) is 19.7 Å². The first kappa shape index (κ1) is 19.3. The highest BCUT2D eigenvalue weighted by Gasteiger charge is 2.19. The van der Waals surface area contributed by atoms with Gasteiger partial charge in [-0.3, -0.25) is 9.78 Å². The van der Waals surface area contributed by atoms with E-state index < -0.39 is 0 Å². The molecule has 29 heavy (non-hydrogen) atoms. The number of pyridine rings is 1. The highest BCUT2D eigenvalue weighted by Crippen LogP contribution is 2.23. The lowest BCUT2D eigenvalue weighted by atomic mass is 10.1. The normalized spacial score (nSPS) is 16.8. The lowest BCUT2D eigenvalue weighted by Crippen LogP contribution is -2.28. The van der Waals surface area contributed by atoms with E-state index >= 15 is 0 Å². The van der Waals surface area contributed by atoms with Crippen LogP contribution >= 0.6 is 0 Å². The van der Waals surface area contributed by atoms with Crippen molar-refractivity contribution in [1.29, 1.82) is 0 Å². The number of nitrogens with zero attached hydrogens (tertiary/aromatic N) is 3. The third kappa shape index (κ3) is 4.71. The van der Waals surface area contributed by atoms with Crippen molar-refractivity contribution < 1.29 is 4.74 Å². The van der Waals surface area contributed by atoms with Gasteiger partial charge >= 0.3 is 0 Å². The third-order valence-corrected chi connectivity index (χ3v) is 5.44. The van der Waals surface area contributed by atoms with Crippen LogP contribution in [0.2, 0.25) is 0 Å². The Morgan fingerprint density at radius 3 is 2.76 bits per heavy atom. The molecule has 1 unspecified atom stereocenters. The minimum absolute atomic E-state index is 0.250. The van der Waals surface area contributed by atoms with Crippen molar-refractivity contribution in [1.82, 2.24) is 20.1 Å². The fraction of sp³-hybridized carbons (Fsp3) is 0.348. The van der Waals surface area contributed by atoms with Crippen molar-refractivity contribution in [2.45, 2.75) is 32.2 Å². The van der Waals surface area contributed by atoms with Crippen LogP contribution in [0.4, 0.5) is 0 Å². The van der Waals surface area contributed by atoms with E-state index in [9.17, 15) is 4.79 Å². The molecular weight excluding hydrogens is 364 g/mol. The van der Waals surface area contributed by atoms with Crippen LogP contribution in [0.1, 0.15) is 26.2 Å². The second-order valence-electron chi connectivity index (χ2n) is 7.46. The summed E-state index contributed by atoms with van der Waals surface area (Å²) in [7, 11) is 0. The third-order valence-electron chi connectivity index (χ3n) is 5.44. The Labute approximate surface area is 170 Å². The molecule has 0 amide bonds. The number of H-pyrrole nitrogens is 1. The predicted molar refractivity (Wildman–Crippen MR) is 114 cm³/mol. The fourth-order valence-electron chi connectivity index (χ4n) is 3.77. The maximum atomic E-state index is 12.1. The number of aromatic nitrogens is 3. The molecule has 1 fully saturated rings. The minimum atomic E-state index is -0.250. The van der Waals surface area contributed by atoms with E-state index in [4.69, 9.17) is 4.74 Å². The molecule has 0 spiro atoms. The number of likely N-dealkylation sites (tertiary alicyclic amines) is 1. The first-order valence-corrected chi connectivity index (χ1v) is 10.2. The molecule has 1 N–H and O–H groups in total. The van der Waals surface area contributed by atoms with E-state index in [-0.39, 0.29) is 5.56 Å². The topological polar surface area (TPSA) is 71.1 Å². The molecule has 4 rings (SSSR count). The Morgan fingerprint density at radius 1 is 1.17 bits per heavy atom. The van der Waals surface area contributed by atoms with Gasteiger partial charge in [-0.15, -0.1) is 0 Å². The van der Waals surface area contributed by atoms with Crippen LogP contribution in [0.25, 0.3) is 22.5 Å². The molecule has 150 valence electrons. The van der Waals surface area contributed by atoms with E-state index in [1.165, 1.54) is 19.4 Å². The zero-order chi connectivity index (χ0) is 20.1. The van der Waals surface area contributed by atoms with E-state index in [1.807, 2.05) is 42.5 Å². The molecule has 2 aromatic heterocycles. The quantitative estimate of drug-likeness (QED) is 0.622. The van der Waals surface area contributed by atoms with Gasteiger partial charge in [0.05, 0.1) is 23.6 Å². The molecule has 1 aromatic carbocycles. The summed E-state index contributed by atoms with van der Waals surface area (Å²) in [5.74, 6) is 0.845. The van der Waals surface area contributed by atoms with Gasteiger partial charge in [0.15, 0.2) is 0 Å². The molecule has 1 aliphatic rings. The number of benzene rings is 1. The van der Waals surface area contributed by atoms with E-state index in [1.54, 1.807) is 12.3 Å². The molecule has 0 aliphatic carbocycles. The van der Waals surface area contributed by atoms with Crippen molar-refractivity contribution in [3.8, 4) is 28.3 Å². The number of hydrogen-bond donors (Lipinski definition) is 1. The van der Waals surface area contributed by atoms with Crippen LogP contribution in [-0.4, -0.2) is 45.8 Å². The van der Waals surface area contributed by atoms with Crippen LogP contribution in [-0.2, 0) is 0 Å². The van der Waals surface area contributed by atoms with E-state index in [0.29, 0.717) is 29.6 Å². The van der Waals surface area contributed by atoms with Crippen molar-refractivity contribution in [2.24, 2.45) is 0 Å². The zero-order valence-electron chi connectivity index (χ0n) is 16.7. The summed E-state index contributed by atoms with van der Waals surface area (Å²) in [4.78, 5) is 18.9. The molecule has 0 saturated carbocycles. The Bertz CT molecular complexity index is 986. The number of rotatable bonds is 7. The predicted octanol–water partition coefficient (Wildman–Crippen LogP) is 3.75. The maximum absolute atomic E-state index is 12.1. The van der Waals surface area contributed by atoms with Crippen molar-refractivity contribution in [3.05, 3.63) is 65.1 Å². The van der Waals surface area contributed by atoms with Crippen molar-refractivity contribution >= 4 is 0 Å².